The Morgan fingerprint density at radius 3 is 2.93 bits per heavy atom. The molecular formula is C21H27BrClN3O4. The molecule has 0 aliphatic carbocycles. The first-order valence-corrected chi connectivity index (χ1v) is 11.4. The van der Waals surface area contributed by atoms with Gasteiger partial charge >= 0.3 is 0 Å². The van der Waals surface area contributed by atoms with Crippen LogP contribution < -0.4 is 14.8 Å². The summed E-state index contributed by atoms with van der Waals surface area (Å²) < 4.78 is 17.8. The normalized spacial score (nSPS) is 21.5. The average Bonchev–Trinajstić information content (AvgIpc) is 3.01. The van der Waals surface area contributed by atoms with Crippen molar-refractivity contribution in [3.63, 3.8) is 0 Å². The molecule has 164 valence electrons. The molecule has 0 saturated carbocycles. The number of unbranched alkanes of at least 4 members (excludes halogenated alkanes) is 1. The molecule has 2 aliphatic rings. The maximum Gasteiger partial charge on any atom is 0.255 e. The average molecular weight is 501 g/mol. The SMILES string of the molecule is CO[C@@H]1CN(CCCC#N)CC[C@H]1CNC(=O)c1cc(Cl)c(Br)c2c1OCCCO2. The van der Waals surface area contributed by atoms with Crippen LogP contribution in [0.4, 0.5) is 0 Å². The summed E-state index contributed by atoms with van der Waals surface area (Å²) in [6.45, 7) is 4.13. The second-order valence-corrected chi connectivity index (χ2v) is 8.72. The van der Waals surface area contributed by atoms with Crippen molar-refractivity contribution < 1.29 is 19.0 Å². The van der Waals surface area contributed by atoms with Crippen molar-refractivity contribution in [2.75, 3.05) is 46.5 Å². The van der Waals surface area contributed by atoms with Gasteiger partial charge in [0.15, 0.2) is 11.5 Å². The summed E-state index contributed by atoms with van der Waals surface area (Å²) >= 11 is 9.73. The number of fused-ring (bicyclic) bond motifs is 1. The van der Waals surface area contributed by atoms with Gasteiger partial charge in [-0.05, 0) is 47.9 Å². The summed E-state index contributed by atoms with van der Waals surface area (Å²) in [4.78, 5) is 15.3. The van der Waals surface area contributed by atoms with Crippen LogP contribution in [0, 0.1) is 17.2 Å². The van der Waals surface area contributed by atoms with Crippen LogP contribution in [-0.4, -0.2) is 63.4 Å². The second kappa shape index (κ2) is 11.2. The number of amides is 1. The third-order valence-electron chi connectivity index (χ3n) is 5.53. The minimum Gasteiger partial charge on any atom is -0.489 e. The predicted octanol–water partition coefficient (Wildman–Crippen LogP) is 3.63. The number of carbonyl (C=O) groups excluding carboxylic acids is 1. The lowest BCUT2D eigenvalue weighted by Gasteiger charge is -2.37. The maximum atomic E-state index is 13.0. The van der Waals surface area contributed by atoms with E-state index >= 15 is 0 Å². The number of ether oxygens (including phenoxy) is 3. The van der Waals surface area contributed by atoms with Gasteiger partial charge in [0.1, 0.15) is 0 Å². The zero-order chi connectivity index (χ0) is 21.5. The van der Waals surface area contributed by atoms with E-state index in [0.29, 0.717) is 52.7 Å². The molecular weight excluding hydrogens is 474 g/mol. The molecule has 0 bridgehead atoms. The molecule has 2 aliphatic heterocycles. The minimum atomic E-state index is -0.238. The first-order valence-electron chi connectivity index (χ1n) is 10.2. The van der Waals surface area contributed by atoms with Gasteiger partial charge in [-0.3, -0.25) is 4.79 Å². The Morgan fingerprint density at radius 2 is 2.20 bits per heavy atom. The van der Waals surface area contributed by atoms with Crippen molar-refractivity contribution >= 4 is 33.4 Å². The molecule has 1 amide bonds. The Labute approximate surface area is 190 Å². The van der Waals surface area contributed by atoms with E-state index in [0.717, 1.165) is 38.9 Å². The smallest absolute Gasteiger partial charge is 0.255 e. The number of likely N-dealkylation sites (tertiary alicyclic amines) is 1. The van der Waals surface area contributed by atoms with Gasteiger partial charge < -0.3 is 24.4 Å². The fourth-order valence-corrected chi connectivity index (χ4v) is 4.47. The fourth-order valence-electron chi connectivity index (χ4n) is 3.87. The first kappa shape index (κ1) is 23.1. The zero-order valence-electron chi connectivity index (χ0n) is 17.1. The highest BCUT2D eigenvalue weighted by Gasteiger charge is 2.30. The highest BCUT2D eigenvalue weighted by atomic mass is 79.9. The number of nitrogens with one attached hydrogen (secondary N) is 1. The number of piperidine rings is 1. The molecule has 1 N–H and O–H groups in total. The fraction of sp³-hybridized carbons (Fsp3) is 0.619. The summed E-state index contributed by atoms with van der Waals surface area (Å²) in [6.07, 6.45) is 3.13. The summed E-state index contributed by atoms with van der Waals surface area (Å²) in [5.41, 5.74) is 0.378. The van der Waals surface area contributed by atoms with E-state index in [4.69, 9.17) is 31.1 Å². The molecule has 1 aromatic rings. The third-order valence-corrected chi connectivity index (χ3v) is 6.84. The van der Waals surface area contributed by atoms with Gasteiger partial charge in [-0.1, -0.05) is 11.6 Å². The van der Waals surface area contributed by atoms with Crippen molar-refractivity contribution in [3.05, 3.63) is 21.1 Å². The molecule has 1 fully saturated rings. The highest BCUT2D eigenvalue weighted by molar-refractivity contribution is 9.10. The molecule has 1 saturated heterocycles. The van der Waals surface area contributed by atoms with Gasteiger partial charge in [-0.25, -0.2) is 0 Å². The molecule has 2 heterocycles. The van der Waals surface area contributed by atoms with E-state index in [9.17, 15) is 4.79 Å². The van der Waals surface area contributed by atoms with Gasteiger partial charge in [0, 0.05) is 39.0 Å². The van der Waals surface area contributed by atoms with Crippen LogP contribution in [0.25, 0.3) is 0 Å². The standard InChI is InChI=1S/C21H27BrClN3O4/c1-28-17-13-26(7-3-2-6-24)8-5-14(17)12-25-21(27)15-11-16(23)18(22)20-19(15)29-9-4-10-30-20/h11,14,17H,2-5,7-10,12-13H2,1H3,(H,25,27)/t14-,17+/m0/s1. The van der Waals surface area contributed by atoms with E-state index < -0.39 is 0 Å². The molecule has 0 unspecified atom stereocenters. The lowest BCUT2D eigenvalue weighted by Crippen LogP contribution is -2.48. The highest BCUT2D eigenvalue weighted by Crippen LogP contribution is 2.44. The monoisotopic (exact) mass is 499 g/mol. The van der Waals surface area contributed by atoms with Crippen LogP contribution in [0.1, 0.15) is 36.0 Å². The number of nitriles is 1. The lowest BCUT2D eigenvalue weighted by molar-refractivity contribution is -0.0105. The van der Waals surface area contributed by atoms with E-state index in [2.05, 4.69) is 32.2 Å². The molecule has 1 aromatic carbocycles. The molecule has 2 atom stereocenters. The molecule has 0 aromatic heterocycles. The van der Waals surface area contributed by atoms with Crippen LogP contribution in [0.3, 0.4) is 0 Å². The van der Waals surface area contributed by atoms with Crippen molar-refractivity contribution in [1.82, 2.24) is 10.2 Å². The van der Waals surface area contributed by atoms with Gasteiger partial charge in [0.05, 0.1) is 40.4 Å². The van der Waals surface area contributed by atoms with E-state index in [1.807, 2.05) is 0 Å². The summed E-state index contributed by atoms with van der Waals surface area (Å²) in [5.74, 6) is 0.882. The van der Waals surface area contributed by atoms with E-state index in [1.165, 1.54) is 0 Å². The number of methoxy groups -OCH3 is 1. The second-order valence-electron chi connectivity index (χ2n) is 7.52. The van der Waals surface area contributed by atoms with Crippen LogP contribution in [0.2, 0.25) is 5.02 Å². The Morgan fingerprint density at radius 1 is 1.43 bits per heavy atom. The number of nitrogens with zero attached hydrogens (tertiary/aromatic N) is 2. The minimum absolute atomic E-state index is 0.0336. The van der Waals surface area contributed by atoms with Crippen molar-refractivity contribution in [3.8, 4) is 17.6 Å². The van der Waals surface area contributed by atoms with Gasteiger partial charge in [0.2, 0.25) is 0 Å². The first-order chi connectivity index (χ1) is 14.5. The van der Waals surface area contributed by atoms with Crippen LogP contribution in [-0.2, 0) is 4.74 Å². The number of hydrogen-bond donors (Lipinski definition) is 1. The van der Waals surface area contributed by atoms with Gasteiger partial charge in [-0.2, -0.15) is 5.26 Å². The maximum absolute atomic E-state index is 13.0. The summed E-state index contributed by atoms with van der Waals surface area (Å²) in [7, 11) is 1.71. The largest absolute Gasteiger partial charge is 0.489 e. The molecule has 30 heavy (non-hydrogen) atoms. The van der Waals surface area contributed by atoms with Crippen molar-refractivity contribution in [1.29, 1.82) is 5.26 Å². The molecule has 7 nitrogen and oxygen atoms in total. The Bertz CT molecular complexity index is 801. The van der Waals surface area contributed by atoms with E-state index in [1.54, 1.807) is 13.2 Å². The number of rotatable bonds is 7. The summed E-state index contributed by atoms with van der Waals surface area (Å²) in [6, 6.07) is 3.80. The quantitative estimate of drug-likeness (QED) is 0.576. The molecule has 9 heteroatoms. The van der Waals surface area contributed by atoms with Crippen LogP contribution in [0.15, 0.2) is 10.5 Å². The van der Waals surface area contributed by atoms with Gasteiger partial charge in [-0.15, -0.1) is 0 Å². The van der Waals surface area contributed by atoms with Crippen LogP contribution >= 0.6 is 27.5 Å². The number of carbonyl (C=O) groups is 1. The lowest BCUT2D eigenvalue weighted by atomic mass is 9.93. The predicted molar refractivity (Wildman–Crippen MR) is 117 cm³/mol. The van der Waals surface area contributed by atoms with Crippen LogP contribution in [0.5, 0.6) is 11.5 Å². The topological polar surface area (TPSA) is 83.8 Å². The van der Waals surface area contributed by atoms with Crippen molar-refractivity contribution in [2.24, 2.45) is 5.92 Å². The molecule has 0 spiro atoms. The number of hydrogen-bond acceptors (Lipinski definition) is 6. The molecule has 0 radical (unpaired) electrons. The summed E-state index contributed by atoms with van der Waals surface area (Å²) in [5, 5.41) is 12.1. The Hall–Kier alpha value is -1.53. The van der Waals surface area contributed by atoms with Crippen molar-refractivity contribution in [2.45, 2.75) is 31.8 Å². The number of halogens is 2. The third kappa shape index (κ3) is 5.58. The Kier molecular flexibility index (Phi) is 8.63. The van der Waals surface area contributed by atoms with E-state index in [-0.39, 0.29) is 17.9 Å². The van der Waals surface area contributed by atoms with Gasteiger partial charge in [0.25, 0.3) is 5.91 Å². The zero-order valence-corrected chi connectivity index (χ0v) is 19.4. The number of benzene rings is 1. The molecule has 3 rings (SSSR count). The Balaban J connectivity index is 1.63.